The van der Waals surface area contributed by atoms with E-state index < -0.39 is 5.82 Å². The summed E-state index contributed by atoms with van der Waals surface area (Å²) in [6.45, 7) is 0.908. The molecule has 1 heterocycles. The molecule has 108 valence electrons. The molecule has 0 unspecified atom stereocenters. The Morgan fingerprint density at radius 3 is 2.90 bits per heavy atom. The van der Waals surface area contributed by atoms with Crippen LogP contribution in [0.4, 0.5) is 10.1 Å². The molecule has 1 aliphatic heterocycles. The topological polar surface area (TPSA) is 66.6 Å². The number of halogens is 1. The second-order valence-corrected chi connectivity index (χ2v) is 5.12. The Balaban J connectivity index is 1.89. The van der Waals surface area contributed by atoms with Crippen molar-refractivity contribution in [1.29, 1.82) is 0 Å². The summed E-state index contributed by atoms with van der Waals surface area (Å²) in [5.41, 5.74) is 8.69. The third-order valence-corrected chi connectivity index (χ3v) is 3.78. The molecule has 0 radical (unpaired) electrons. The highest BCUT2D eigenvalue weighted by Crippen LogP contribution is 2.27. The molecular weight excluding hydrogens is 271 g/mol. The summed E-state index contributed by atoms with van der Waals surface area (Å²) in [6, 6.07) is 9.00. The number of hydrogen-bond donors (Lipinski definition) is 2. The minimum atomic E-state index is -0.544. The number of aromatic hydroxyl groups is 1. The molecule has 0 aliphatic carbocycles. The molecule has 2 aromatic rings. The number of nitrogen functional groups attached to an aromatic ring is 1. The largest absolute Gasteiger partial charge is 0.507 e. The van der Waals surface area contributed by atoms with E-state index in [9.17, 15) is 14.3 Å². The Morgan fingerprint density at radius 1 is 1.29 bits per heavy atom. The maximum atomic E-state index is 13.3. The Morgan fingerprint density at radius 2 is 2.10 bits per heavy atom. The van der Waals surface area contributed by atoms with E-state index in [0.29, 0.717) is 19.5 Å². The summed E-state index contributed by atoms with van der Waals surface area (Å²) in [5.74, 6) is -1.13. The standard InChI is InChI=1S/C16H15FN2O2/c17-11-4-5-15(20)13(8-11)16(21)19-7-6-12-10(9-19)2-1-3-14(12)18/h1-5,8,20H,6-7,9,18H2. The average Bonchev–Trinajstić information content (AvgIpc) is 2.49. The second-order valence-electron chi connectivity index (χ2n) is 5.12. The van der Waals surface area contributed by atoms with Gasteiger partial charge in [0.25, 0.3) is 5.91 Å². The van der Waals surface area contributed by atoms with E-state index in [1.807, 2.05) is 18.2 Å². The van der Waals surface area contributed by atoms with Crippen LogP contribution in [0.5, 0.6) is 5.75 Å². The number of nitrogens with two attached hydrogens (primary N) is 1. The Kier molecular flexibility index (Phi) is 3.25. The van der Waals surface area contributed by atoms with Crippen molar-refractivity contribution in [2.75, 3.05) is 12.3 Å². The third-order valence-electron chi connectivity index (χ3n) is 3.78. The molecule has 2 aromatic carbocycles. The van der Waals surface area contributed by atoms with Crippen LogP contribution >= 0.6 is 0 Å². The van der Waals surface area contributed by atoms with Crippen LogP contribution in [0.15, 0.2) is 36.4 Å². The summed E-state index contributed by atoms with van der Waals surface area (Å²) in [7, 11) is 0. The zero-order valence-corrected chi connectivity index (χ0v) is 11.3. The number of amides is 1. The number of benzene rings is 2. The molecule has 0 bridgehead atoms. The Labute approximate surface area is 121 Å². The van der Waals surface area contributed by atoms with E-state index >= 15 is 0 Å². The summed E-state index contributed by atoms with van der Waals surface area (Å²) >= 11 is 0. The van der Waals surface area contributed by atoms with Gasteiger partial charge in [-0.1, -0.05) is 12.1 Å². The van der Waals surface area contributed by atoms with Gasteiger partial charge >= 0.3 is 0 Å². The fourth-order valence-corrected chi connectivity index (χ4v) is 2.66. The van der Waals surface area contributed by atoms with Crippen LogP contribution in [0.3, 0.4) is 0 Å². The molecule has 3 rings (SSSR count). The number of carbonyl (C=O) groups excluding carboxylic acids is 1. The van der Waals surface area contributed by atoms with Gasteiger partial charge in [0.05, 0.1) is 5.56 Å². The third kappa shape index (κ3) is 2.42. The smallest absolute Gasteiger partial charge is 0.258 e. The van der Waals surface area contributed by atoms with E-state index in [1.165, 1.54) is 6.07 Å². The van der Waals surface area contributed by atoms with Crippen LogP contribution in [0.1, 0.15) is 21.5 Å². The summed E-state index contributed by atoms with van der Waals surface area (Å²) < 4.78 is 13.3. The molecule has 1 aliphatic rings. The van der Waals surface area contributed by atoms with Gasteiger partial charge in [0.1, 0.15) is 11.6 Å². The van der Waals surface area contributed by atoms with Crippen molar-refractivity contribution in [2.45, 2.75) is 13.0 Å². The highest BCUT2D eigenvalue weighted by atomic mass is 19.1. The lowest BCUT2D eigenvalue weighted by Gasteiger charge is -2.29. The lowest BCUT2D eigenvalue weighted by atomic mass is 9.97. The van der Waals surface area contributed by atoms with E-state index in [4.69, 9.17) is 5.73 Å². The summed E-state index contributed by atoms with van der Waals surface area (Å²) in [4.78, 5) is 14.0. The Bertz CT molecular complexity index is 715. The maximum Gasteiger partial charge on any atom is 0.258 e. The van der Waals surface area contributed by atoms with Gasteiger partial charge in [0.15, 0.2) is 0 Å². The van der Waals surface area contributed by atoms with Gasteiger partial charge in [-0.25, -0.2) is 4.39 Å². The monoisotopic (exact) mass is 286 g/mol. The number of phenolic OH excluding ortho intramolecular Hbond substituents is 1. The number of fused-ring (bicyclic) bond motifs is 1. The van der Waals surface area contributed by atoms with Gasteiger partial charge in [-0.15, -0.1) is 0 Å². The van der Waals surface area contributed by atoms with Crippen LogP contribution in [-0.4, -0.2) is 22.5 Å². The van der Waals surface area contributed by atoms with Crippen LogP contribution in [0.2, 0.25) is 0 Å². The van der Waals surface area contributed by atoms with E-state index in [2.05, 4.69) is 0 Å². The van der Waals surface area contributed by atoms with Crippen molar-refractivity contribution >= 4 is 11.6 Å². The van der Waals surface area contributed by atoms with E-state index in [-0.39, 0.29) is 17.2 Å². The maximum absolute atomic E-state index is 13.3. The van der Waals surface area contributed by atoms with Gasteiger partial charge in [0, 0.05) is 18.8 Å². The molecule has 5 heteroatoms. The van der Waals surface area contributed by atoms with Crippen molar-refractivity contribution in [3.05, 3.63) is 58.9 Å². The first-order chi connectivity index (χ1) is 10.1. The first-order valence-electron chi connectivity index (χ1n) is 6.70. The van der Waals surface area contributed by atoms with Gasteiger partial charge in [-0.3, -0.25) is 4.79 Å². The van der Waals surface area contributed by atoms with Crippen molar-refractivity contribution in [2.24, 2.45) is 0 Å². The summed E-state index contributed by atoms with van der Waals surface area (Å²) in [6.07, 6.45) is 0.657. The van der Waals surface area contributed by atoms with Gasteiger partial charge in [-0.05, 0) is 41.8 Å². The van der Waals surface area contributed by atoms with Crippen LogP contribution in [0, 0.1) is 5.82 Å². The van der Waals surface area contributed by atoms with Crippen molar-refractivity contribution in [3.8, 4) is 5.75 Å². The zero-order chi connectivity index (χ0) is 15.0. The number of phenols is 1. The second kappa shape index (κ2) is 5.09. The predicted octanol–water partition coefficient (Wildman–Crippen LogP) is 2.31. The van der Waals surface area contributed by atoms with Gasteiger partial charge in [0.2, 0.25) is 0 Å². The molecule has 0 saturated heterocycles. The fraction of sp³-hybridized carbons (Fsp3) is 0.188. The Hall–Kier alpha value is -2.56. The molecule has 3 N–H and O–H groups in total. The van der Waals surface area contributed by atoms with E-state index in [1.54, 1.807) is 4.90 Å². The molecule has 0 spiro atoms. The molecule has 1 amide bonds. The molecule has 0 fully saturated rings. The lowest BCUT2D eigenvalue weighted by molar-refractivity contribution is 0.0731. The SMILES string of the molecule is Nc1cccc2c1CCN(C(=O)c1cc(F)ccc1O)C2. The highest BCUT2D eigenvalue weighted by Gasteiger charge is 2.24. The van der Waals surface area contributed by atoms with E-state index in [0.717, 1.165) is 28.9 Å². The lowest BCUT2D eigenvalue weighted by Crippen LogP contribution is -2.36. The quantitative estimate of drug-likeness (QED) is 0.791. The van der Waals surface area contributed by atoms with Gasteiger partial charge in [-0.2, -0.15) is 0 Å². The average molecular weight is 286 g/mol. The van der Waals surface area contributed by atoms with Crippen LogP contribution in [-0.2, 0) is 13.0 Å². The molecule has 0 aromatic heterocycles. The molecular formula is C16H15FN2O2. The van der Waals surface area contributed by atoms with Crippen LogP contribution < -0.4 is 5.73 Å². The normalized spacial score (nSPS) is 13.9. The number of nitrogens with zero attached hydrogens (tertiary/aromatic N) is 1. The van der Waals surface area contributed by atoms with Crippen LogP contribution in [0.25, 0.3) is 0 Å². The fourth-order valence-electron chi connectivity index (χ4n) is 2.66. The van der Waals surface area contributed by atoms with Crippen molar-refractivity contribution in [3.63, 3.8) is 0 Å². The first-order valence-corrected chi connectivity index (χ1v) is 6.70. The summed E-state index contributed by atoms with van der Waals surface area (Å²) in [5, 5.41) is 9.74. The predicted molar refractivity (Wildman–Crippen MR) is 77.4 cm³/mol. The molecule has 4 nitrogen and oxygen atoms in total. The number of rotatable bonds is 1. The minimum Gasteiger partial charge on any atom is -0.507 e. The molecule has 0 saturated carbocycles. The first kappa shape index (κ1) is 13.4. The zero-order valence-electron chi connectivity index (χ0n) is 11.3. The highest BCUT2D eigenvalue weighted by molar-refractivity contribution is 5.97. The number of carbonyl (C=O) groups is 1. The van der Waals surface area contributed by atoms with Crippen molar-refractivity contribution < 1.29 is 14.3 Å². The van der Waals surface area contributed by atoms with Crippen molar-refractivity contribution in [1.82, 2.24) is 4.90 Å². The minimum absolute atomic E-state index is 0.0117. The molecule has 0 atom stereocenters. The van der Waals surface area contributed by atoms with Gasteiger partial charge < -0.3 is 15.7 Å². The number of anilines is 1. The number of hydrogen-bond acceptors (Lipinski definition) is 3. The molecule has 21 heavy (non-hydrogen) atoms.